The van der Waals surface area contributed by atoms with Crippen LogP contribution in [0.25, 0.3) is 10.1 Å². The molecule has 0 amide bonds. The van der Waals surface area contributed by atoms with Crippen LogP contribution in [0.4, 0.5) is 0 Å². The van der Waals surface area contributed by atoms with Crippen molar-refractivity contribution in [3.05, 3.63) is 70.4 Å². The zero-order chi connectivity index (χ0) is 16.7. The van der Waals surface area contributed by atoms with Gasteiger partial charge in [-0.1, -0.05) is 24.3 Å². The highest BCUT2D eigenvalue weighted by Gasteiger charge is 2.33. The summed E-state index contributed by atoms with van der Waals surface area (Å²) in [4.78, 5) is 1.01. The Labute approximate surface area is 143 Å². The zero-order valence-electron chi connectivity index (χ0n) is 12.9. The monoisotopic (exact) mass is 334 g/mol. The molecule has 3 aromatic rings. The SMILES string of the molecule is COc1ccc([C@@H]2C(C#N)=C(N)Oc3c2sc2ccccc32)cc1. The van der Waals surface area contributed by atoms with Crippen LogP contribution in [-0.2, 0) is 0 Å². The van der Waals surface area contributed by atoms with Gasteiger partial charge in [0.15, 0.2) is 5.75 Å². The Kier molecular flexibility index (Phi) is 3.40. The summed E-state index contributed by atoms with van der Waals surface area (Å²) in [6, 6.07) is 18.0. The zero-order valence-corrected chi connectivity index (χ0v) is 13.8. The van der Waals surface area contributed by atoms with Crippen molar-refractivity contribution in [3.8, 4) is 17.6 Å². The molecule has 24 heavy (non-hydrogen) atoms. The van der Waals surface area contributed by atoms with Gasteiger partial charge in [0.1, 0.15) is 17.4 Å². The van der Waals surface area contributed by atoms with Crippen LogP contribution >= 0.6 is 11.3 Å². The normalized spacial score (nSPS) is 16.4. The molecular weight excluding hydrogens is 320 g/mol. The number of thiophene rings is 1. The van der Waals surface area contributed by atoms with E-state index in [2.05, 4.69) is 12.1 Å². The summed E-state index contributed by atoms with van der Waals surface area (Å²) in [6.45, 7) is 0. The van der Waals surface area contributed by atoms with Gasteiger partial charge in [0.25, 0.3) is 0 Å². The van der Waals surface area contributed by atoms with Gasteiger partial charge in [-0.3, -0.25) is 0 Å². The predicted molar refractivity (Wildman–Crippen MR) is 94.1 cm³/mol. The van der Waals surface area contributed by atoms with Crippen molar-refractivity contribution in [2.45, 2.75) is 5.92 Å². The number of nitrogens with zero attached hydrogens (tertiary/aromatic N) is 1. The molecular formula is C19H14N2O2S. The molecule has 118 valence electrons. The summed E-state index contributed by atoms with van der Waals surface area (Å²) in [5.41, 5.74) is 7.49. The maximum atomic E-state index is 9.61. The molecule has 5 heteroatoms. The Balaban J connectivity index is 1.95. The van der Waals surface area contributed by atoms with Crippen LogP contribution in [0.3, 0.4) is 0 Å². The molecule has 1 atom stereocenters. The minimum atomic E-state index is -0.220. The van der Waals surface area contributed by atoms with Gasteiger partial charge in [-0.25, -0.2) is 0 Å². The van der Waals surface area contributed by atoms with E-state index in [1.54, 1.807) is 18.4 Å². The highest BCUT2D eigenvalue weighted by Crippen LogP contribution is 2.50. The number of fused-ring (bicyclic) bond motifs is 3. The van der Waals surface area contributed by atoms with Gasteiger partial charge in [0.2, 0.25) is 5.88 Å². The molecule has 2 N–H and O–H groups in total. The lowest BCUT2D eigenvalue weighted by atomic mass is 9.88. The predicted octanol–water partition coefficient (Wildman–Crippen LogP) is 4.13. The van der Waals surface area contributed by atoms with Gasteiger partial charge >= 0.3 is 0 Å². The third-order valence-electron chi connectivity index (χ3n) is 4.17. The number of nitriles is 1. The molecule has 2 heterocycles. The van der Waals surface area contributed by atoms with E-state index in [0.717, 1.165) is 32.0 Å². The number of ether oxygens (including phenoxy) is 2. The van der Waals surface area contributed by atoms with Crippen LogP contribution in [0.15, 0.2) is 60.0 Å². The highest BCUT2D eigenvalue weighted by molar-refractivity contribution is 7.19. The van der Waals surface area contributed by atoms with E-state index >= 15 is 0 Å². The second kappa shape index (κ2) is 5.59. The van der Waals surface area contributed by atoms with E-state index in [4.69, 9.17) is 15.2 Å². The summed E-state index contributed by atoms with van der Waals surface area (Å²) in [5.74, 6) is 1.49. The second-order valence-corrected chi connectivity index (χ2v) is 6.57. The molecule has 0 fully saturated rings. The van der Waals surface area contributed by atoms with Crippen LogP contribution in [0.5, 0.6) is 11.5 Å². The molecule has 0 unspecified atom stereocenters. The fourth-order valence-electron chi connectivity index (χ4n) is 3.01. The van der Waals surface area contributed by atoms with E-state index in [9.17, 15) is 5.26 Å². The lowest BCUT2D eigenvalue weighted by Crippen LogP contribution is -2.19. The van der Waals surface area contributed by atoms with Gasteiger partial charge in [0, 0.05) is 10.1 Å². The third kappa shape index (κ3) is 2.12. The van der Waals surface area contributed by atoms with Crippen LogP contribution in [0.2, 0.25) is 0 Å². The van der Waals surface area contributed by atoms with Crippen molar-refractivity contribution in [2.24, 2.45) is 5.73 Å². The van der Waals surface area contributed by atoms with Crippen molar-refractivity contribution in [2.75, 3.05) is 7.11 Å². The molecule has 4 rings (SSSR count). The minimum Gasteiger partial charge on any atom is -0.497 e. The summed E-state index contributed by atoms with van der Waals surface area (Å²) in [6.07, 6.45) is 0. The Morgan fingerprint density at radius 1 is 1.17 bits per heavy atom. The molecule has 4 nitrogen and oxygen atoms in total. The van der Waals surface area contributed by atoms with E-state index in [1.165, 1.54) is 0 Å². The number of hydrogen-bond donors (Lipinski definition) is 1. The smallest absolute Gasteiger partial charge is 0.205 e. The van der Waals surface area contributed by atoms with Crippen LogP contribution in [0, 0.1) is 11.3 Å². The Morgan fingerprint density at radius 2 is 1.92 bits per heavy atom. The summed E-state index contributed by atoms with van der Waals surface area (Å²) < 4.78 is 12.1. The van der Waals surface area contributed by atoms with Crippen molar-refractivity contribution < 1.29 is 9.47 Å². The Hall–Kier alpha value is -2.97. The van der Waals surface area contributed by atoms with Gasteiger partial charge in [-0.05, 0) is 29.8 Å². The first-order chi connectivity index (χ1) is 11.7. The molecule has 0 bridgehead atoms. The van der Waals surface area contributed by atoms with Crippen molar-refractivity contribution in [3.63, 3.8) is 0 Å². The molecule has 0 radical (unpaired) electrons. The summed E-state index contributed by atoms with van der Waals surface area (Å²) in [5, 5.41) is 10.6. The van der Waals surface area contributed by atoms with E-state index in [-0.39, 0.29) is 11.8 Å². The Morgan fingerprint density at radius 3 is 2.62 bits per heavy atom. The third-order valence-corrected chi connectivity index (χ3v) is 5.39. The van der Waals surface area contributed by atoms with Crippen molar-refractivity contribution >= 4 is 21.4 Å². The van der Waals surface area contributed by atoms with E-state index in [1.807, 2.05) is 42.5 Å². The topological polar surface area (TPSA) is 68.3 Å². The molecule has 1 aliphatic heterocycles. The number of benzene rings is 2. The van der Waals surface area contributed by atoms with E-state index in [0.29, 0.717) is 5.57 Å². The molecule has 0 spiro atoms. The first-order valence-corrected chi connectivity index (χ1v) is 8.27. The average molecular weight is 334 g/mol. The largest absolute Gasteiger partial charge is 0.497 e. The quantitative estimate of drug-likeness (QED) is 0.765. The van der Waals surface area contributed by atoms with Gasteiger partial charge in [0.05, 0.1) is 17.9 Å². The number of rotatable bonds is 2. The molecule has 1 aromatic heterocycles. The fraction of sp³-hybridized carbons (Fsp3) is 0.105. The van der Waals surface area contributed by atoms with Crippen molar-refractivity contribution in [1.29, 1.82) is 5.26 Å². The molecule has 0 saturated heterocycles. The molecule has 0 saturated carbocycles. The minimum absolute atomic E-state index is 0.175. The lowest BCUT2D eigenvalue weighted by Gasteiger charge is -2.24. The van der Waals surface area contributed by atoms with Gasteiger partial charge in [-0.2, -0.15) is 5.26 Å². The highest BCUT2D eigenvalue weighted by atomic mass is 32.1. The van der Waals surface area contributed by atoms with Crippen LogP contribution in [-0.4, -0.2) is 7.11 Å². The van der Waals surface area contributed by atoms with Gasteiger partial charge < -0.3 is 15.2 Å². The second-order valence-electron chi connectivity index (χ2n) is 5.49. The van der Waals surface area contributed by atoms with Crippen LogP contribution in [0.1, 0.15) is 16.4 Å². The first-order valence-electron chi connectivity index (χ1n) is 7.46. The number of methoxy groups -OCH3 is 1. The molecule has 1 aliphatic rings. The Bertz CT molecular complexity index is 996. The number of hydrogen-bond acceptors (Lipinski definition) is 5. The first kappa shape index (κ1) is 14.6. The number of nitrogens with two attached hydrogens (primary N) is 1. The lowest BCUT2D eigenvalue weighted by molar-refractivity contribution is 0.401. The standard InChI is InChI=1S/C19H14N2O2S/c1-22-12-8-6-11(7-9-12)16-14(10-20)19(21)23-17-13-4-2-3-5-15(13)24-18(16)17/h2-9,16H,21H2,1H3/t16-/m1/s1. The maximum Gasteiger partial charge on any atom is 0.205 e. The van der Waals surface area contributed by atoms with E-state index < -0.39 is 0 Å². The molecule has 2 aromatic carbocycles. The number of allylic oxidation sites excluding steroid dienone is 1. The molecule has 0 aliphatic carbocycles. The fourth-order valence-corrected chi connectivity index (χ4v) is 4.28. The van der Waals surface area contributed by atoms with Crippen molar-refractivity contribution in [1.82, 2.24) is 0 Å². The van der Waals surface area contributed by atoms with Gasteiger partial charge in [-0.15, -0.1) is 11.3 Å². The summed E-state index contributed by atoms with van der Waals surface area (Å²) in [7, 11) is 1.63. The summed E-state index contributed by atoms with van der Waals surface area (Å²) >= 11 is 1.64. The average Bonchev–Trinajstić information content (AvgIpc) is 2.99. The maximum absolute atomic E-state index is 9.61. The van der Waals surface area contributed by atoms with Crippen LogP contribution < -0.4 is 15.2 Å².